The Morgan fingerprint density at radius 3 is 2.47 bits per heavy atom. The third kappa shape index (κ3) is 3.12. The van der Waals surface area contributed by atoms with Gasteiger partial charge in [0.2, 0.25) is 0 Å². The van der Waals surface area contributed by atoms with Crippen molar-refractivity contribution in [3.63, 3.8) is 0 Å². The maximum Gasteiger partial charge on any atom is 0.0255 e. The summed E-state index contributed by atoms with van der Waals surface area (Å²) in [6, 6.07) is 0.737. The zero-order valence-corrected chi connectivity index (χ0v) is 9.73. The number of nitrogens with one attached hydrogen (secondary N) is 1. The highest BCUT2D eigenvalue weighted by molar-refractivity contribution is 5.29. The van der Waals surface area contributed by atoms with Crippen molar-refractivity contribution in [2.45, 2.75) is 63.8 Å². The molecule has 0 atom stereocenters. The van der Waals surface area contributed by atoms with Crippen molar-refractivity contribution >= 4 is 0 Å². The van der Waals surface area contributed by atoms with E-state index in [1.165, 1.54) is 68.9 Å². The van der Waals surface area contributed by atoms with Crippen LogP contribution in [0.25, 0.3) is 0 Å². The molecule has 2 rings (SSSR count). The summed E-state index contributed by atoms with van der Waals surface area (Å²) >= 11 is 0. The van der Waals surface area contributed by atoms with E-state index in [1.807, 2.05) is 0 Å². The Labute approximate surface area is 93.6 Å². The van der Waals surface area contributed by atoms with E-state index in [0.717, 1.165) is 6.04 Å². The van der Waals surface area contributed by atoms with E-state index < -0.39 is 0 Å². The minimum atomic E-state index is 0.737. The Kier molecular flexibility index (Phi) is 3.87. The fourth-order valence-corrected chi connectivity index (χ4v) is 2.65. The number of allylic oxidation sites excluding steroid dienone is 2. The van der Waals surface area contributed by atoms with E-state index >= 15 is 0 Å². The van der Waals surface area contributed by atoms with E-state index in [9.17, 15) is 0 Å². The lowest BCUT2D eigenvalue weighted by Crippen LogP contribution is -2.27. The van der Waals surface area contributed by atoms with Crippen LogP contribution in [-0.2, 0) is 0 Å². The molecule has 84 valence electrons. The Morgan fingerprint density at radius 2 is 1.73 bits per heavy atom. The van der Waals surface area contributed by atoms with E-state index in [0.29, 0.717) is 0 Å². The van der Waals surface area contributed by atoms with Gasteiger partial charge in [-0.2, -0.15) is 0 Å². The summed E-state index contributed by atoms with van der Waals surface area (Å²) in [5.74, 6) is 0. The van der Waals surface area contributed by atoms with Crippen LogP contribution < -0.4 is 5.32 Å². The van der Waals surface area contributed by atoms with Gasteiger partial charge in [0.05, 0.1) is 0 Å². The van der Waals surface area contributed by atoms with Gasteiger partial charge in [0.25, 0.3) is 0 Å². The lowest BCUT2D eigenvalue weighted by molar-refractivity contribution is 0.403. The predicted octanol–water partition coefficient (Wildman–Crippen LogP) is 3.92. The molecule has 0 amide bonds. The summed E-state index contributed by atoms with van der Waals surface area (Å²) in [5.41, 5.74) is 2.84. The van der Waals surface area contributed by atoms with Crippen molar-refractivity contribution in [2.75, 3.05) is 0 Å². The maximum absolute atomic E-state index is 4.15. The monoisotopic (exact) mass is 205 g/mol. The van der Waals surface area contributed by atoms with Crippen LogP contribution in [0.15, 0.2) is 23.9 Å². The van der Waals surface area contributed by atoms with Crippen LogP contribution in [-0.4, -0.2) is 6.04 Å². The third-order valence-electron chi connectivity index (χ3n) is 3.73. The molecule has 1 heteroatoms. The zero-order valence-electron chi connectivity index (χ0n) is 9.73. The second-order valence-corrected chi connectivity index (χ2v) is 4.98. The first-order chi connectivity index (χ1) is 7.36. The van der Waals surface area contributed by atoms with Crippen molar-refractivity contribution in [2.24, 2.45) is 0 Å². The molecular weight excluding hydrogens is 182 g/mol. The molecule has 0 saturated heterocycles. The van der Waals surface area contributed by atoms with Crippen molar-refractivity contribution in [1.82, 2.24) is 5.32 Å². The van der Waals surface area contributed by atoms with Crippen LogP contribution >= 0.6 is 0 Å². The molecule has 1 nitrogen and oxygen atoms in total. The van der Waals surface area contributed by atoms with Crippen molar-refractivity contribution in [1.29, 1.82) is 0 Å². The molecule has 2 aliphatic carbocycles. The number of hydrogen-bond acceptors (Lipinski definition) is 1. The fraction of sp³-hybridized carbons (Fsp3) is 0.714. The van der Waals surface area contributed by atoms with E-state index in [2.05, 4.69) is 18.1 Å². The Balaban J connectivity index is 1.83. The Morgan fingerprint density at radius 1 is 1.00 bits per heavy atom. The average Bonchev–Trinajstić information content (AvgIpc) is 2.29. The van der Waals surface area contributed by atoms with Gasteiger partial charge in [0.15, 0.2) is 0 Å². The summed E-state index contributed by atoms with van der Waals surface area (Å²) in [6.07, 6.45) is 14.3. The predicted molar refractivity (Wildman–Crippen MR) is 65.7 cm³/mol. The standard InChI is InChI=1S/C14H23N/c1-12-7-5-6-8-13(12)11-15-14-9-3-2-4-10-14/h11,14-15H,1-10H2. The van der Waals surface area contributed by atoms with Crippen LogP contribution in [0.2, 0.25) is 0 Å². The highest BCUT2D eigenvalue weighted by Gasteiger charge is 2.13. The van der Waals surface area contributed by atoms with E-state index in [4.69, 9.17) is 0 Å². The minimum Gasteiger partial charge on any atom is -0.388 e. The molecule has 0 heterocycles. The summed E-state index contributed by atoms with van der Waals surface area (Å²) in [7, 11) is 0. The first-order valence-electron chi connectivity index (χ1n) is 6.49. The summed E-state index contributed by atoms with van der Waals surface area (Å²) in [5, 5.41) is 3.60. The quantitative estimate of drug-likeness (QED) is 0.720. The van der Waals surface area contributed by atoms with Gasteiger partial charge < -0.3 is 5.32 Å². The zero-order chi connectivity index (χ0) is 10.5. The van der Waals surface area contributed by atoms with E-state index in [-0.39, 0.29) is 0 Å². The first kappa shape index (κ1) is 10.8. The maximum atomic E-state index is 4.15. The minimum absolute atomic E-state index is 0.737. The first-order valence-corrected chi connectivity index (χ1v) is 6.49. The van der Waals surface area contributed by atoms with E-state index in [1.54, 1.807) is 0 Å². The Hall–Kier alpha value is -0.720. The molecule has 2 fully saturated rings. The summed E-state index contributed by atoms with van der Waals surface area (Å²) < 4.78 is 0. The van der Waals surface area contributed by atoms with Crippen LogP contribution in [0, 0.1) is 0 Å². The lowest BCUT2D eigenvalue weighted by Gasteiger charge is -2.24. The topological polar surface area (TPSA) is 12.0 Å². The van der Waals surface area contributed by atoms with Crippen LogP contribution in [0.5, 0.6) is 0 Å². The molecule has 15 heavy (non-hydrogen) atoms. The van der Waals surface area contributed by atoms with Crippen molar-refractivity contribution in [3.05, 3.63) is 23.9 Å². The normalized spacial score (nSPS) is 26.9. The molecule has 0 aliphatic heterocycles. The molecule has 0 aromatic carbocycles. The third-order valence-corrected chi connectivity index (χ3v) is 3.73. The van der Waals surface area contributed by atoms with Crippen LogP contribution in [0.1, 0.15) is 57.8 Å². The van der Waals surface area contributed by atoms with Gasteiger partial charge >= 0.3 is 0 Å². The second kappa shape index (κ2) is 5.39. The van der Waals surface area contributed by atoms with Gasteiger partial charge in [-0.3, -0.25) is 0 Å². The summed E-state index contributed by atoms with van der Waals surface area (Å²) in [6.45, 7) is 4.15. The van der Waals surface area contributed by atoms with Gasteiger partial charge in [-0.05, 0) is 44.1 Å². The fourth-order valence-electron chi connectivity index (χ4n) is 2.65. The number of hydrogen-bond donors (Lipinski definition) is 1. The average molecular weight is 205 g/mol. The molecule has 0 radical (unpaired) electrons. The SMILES string of the molecule is C=C1CCCCC1=CNC1CCCCC1. The van der Waals surface area contributed by atoms with Gasteiger partial charge in [-0.15, -0.1) is 0 Å². The number of rotatable bonds is 2. The smallest absolute Gasteiger partial charge is 0.0255 e. The van der Waals surface area contributed by atoms with Gasteiger partial charge in [0.1, 0.15) is 0 Å². The Bertz CT molecular complexity index is 246. The van der Waals surface area contributed by atoms with Crippen molar-refractivity contribution < 1.29 is 0 Å². The van der Waals surface area contributed by atoms with Crippen LogP contribution in [0.3, 0.4) is 0 Å². The highest BCUT2D eigenvalue weighted by Crippen LogP contribution is 2.27. The molecule has 0 spiro atoms. The highest BCUT2D eigenvalue weighted by atomic mass is 14.9. The molecule has 0 aromatic rings. The molecule has 2 saturated carbocycles. The molecule has 0 unspecified atom stereocenters. The van der Waals surface area contributed by atoms with Gasteiger partial charge in [0, 0.05) is 12.2 Å². The second-order valence-electron chi connectivity index (χ2n) is 4.98. The summed E-state index contributed by atoms with van der Waals surface area (Å²) in [4.78, 5) is 0. The molecular formula is C14H23N. The van der Waals surface area contributed by atoms with Gasteiger partial charge in [-0.1, -0.05) is 31.4 Å². The van der Waals surface area contributed by atoms with Gasteiger partial charge in [-0.25, -0.2) is 0 Å². The van der Waals surface area contributed by atoms with Crippen molar-refractivity contribution in [3.8, 4) is 0 Å². The molecule has 0 bridgehead atoms. The lowest BCUT2D eigenvalue weighted by atomic mass is 9.91. The molecule has 0 aromatic heterocycles. The molecule has 1 N–H and O–H groups in total. The van der Waals surface area contributed by atoms with Crippen LogP contribution in [0.4, 0.5) is 0 Å². The largest absolute Gasteiger partial charge is 0.388 e. The molecule has 2 aliphatic rings.